The first kappa shape index (κ1) is 27.5. The lowest BCUT2D eigenvalue weighted by Crippen LogP contribution is -2.16. The third-order valence-corrected chi connectivity index (χ3v) is 7.55. The number of rotatable bonds is 9. The summed E-state index contributed by atoms with van der Waals surface area (Å²) in [5.74, 6) is -3.37. The quantitative estimate of drug-likeness (QED) is 0.142. The molecule has 2 aromatic heterocycles. The van der Waals surface area contributed by atoms with Gasteiger partial charge in [0, 0.05) is 21.8 Å². The molecule has 0 aliphatic heterocycles. The minimum atomic E-state index is -2.55. The molecule has 0 saturated heterocycles. The summed E-state index contributed by atoms with van der Waals surface area (Å²) in [7, 11) is 1.28. The van der Waals surface area contributed by atoms with E-state index in [2.05, 4.69) is 15.2 Å². The highest BCUT2D eigenvalue weighted by Gasteiger charge is 2.28. The van der Waals surface area contributed by atoms with Crippen molar-refractivity contribution < 1.29 is 27.5 Å². The number of aromatic nitrogens is 4. The van der Waals surface area contributed by atoms with Crippen molar-refractivity contribution in [2.75, 3.05) is 7.11 Å². The van der Waals surface area contributed by atoms with Crippen LogP contribution in [0, 0.1) is 19.7 Å². The number of thioether (sulfide) groups is 2. The maximum Gasteiger partial charge on any atom is 0.339 e. The Balaban J connectivity index is 1.71. The number of ether oxygens (including phenoxy) is 1. The minimum Gasteiger partial charge on any atom is -0.465 e. The van der Waals surface area contributed by atoms with Gasteiger partial charge in [-0.25, -0.2) is 9.18 Å². The molecule has 1 N–H and O–H groups in total. The Morgan fingerprint density at radius 2 is 1.66 bits per heavy atom. The third-order valence-electron chi connectivity index (χ3n) is 5.78. The Kier molecular flexibility index (Phi) is 8.32. The number of methoxy groups -OCH3 is 1. The predicted molar refractivity (Wildman–Crippen MR) is 140 cm³/mol. The van der Waals surface area contributed by atoms with Crippen LogP contribution in [0.25, 0.3) is 17.1 Å². The van der Waals surface area contributed by atoms with Gasteiger partial charge in [-0.15, -0.1) is 10.2 Å². The molecule has 4 rings (SSSR count). The number of ketones is 1. The minimum absolute atomic E-state index is 0.257. The molecule has 0 amide bonds. The number of halogens is 3. The fourth-order valence-corrected chi connectivity index (χ4v) is 5.39. The topological polar surface area (TPSA) is 89.9 Å². The number of nitrogens with zero attached hydrogens (tertiary/aromatic N) is 3. The van der Waals surface area contributed by atoms with E-state index in [1.807, 2.05) is 0 Å². The summed E-state index contributed by atoms with van der Waals surface area (Å²) in [6.07, 6.45) is 0. The number of hydrogen-bond acceptors (Lipinski definition) is 7. The number of alkyl halides is 2. The van der Waals surface area contributed by atoms with E-state index in [4.69, 9.17) is 4.74 Å². The van der Waals surface area contributed by atoms with Gasteiger partial charge in [0.15, 0.2) is 16.8 Å². The number of carbonyl (C=O) groups is 2. The summed E-state index contributed by atoms with van der Waals surface area (Å²) in [6, 6.07) is 12.1. The van der Waals surface area contributed by atoms with Gasteiger partial charge in [-0.1, -0.05) is 23.5 Å². The summed E-state index contributed by atoms with van der Waals surface area (Å²) < 4.78 is 45.7. The molecule has 0 bridgehead atoms. The summed E-state index contributed by atoms with van der Waals surface area (Å²) >= 11 is 1.57. The molecule has 4 aromatic rings. The van der Waals surface area contributed by atoms with Crippen LogP contribution in [0.1, 0.15) is 39.0 Å². The average Bonchev–Trinajstić information content (AvgIpc) is 3.43. The molecular weight excluding hydrogens is 537 g/mol. The van der Waals surface area contributed by atoms with E-state index >= 15 is 0 Å². The van der Waals surface area contributed by atoms with E-state index in [1.54, 1.807) is 61.7 Å². The van der Waals surface area contributed by atoms with Gasteiger partial charge in [0.25, 0.3) is 5.76 Å². The molecule has 1 unspecified atom stereocenters. The van der Waals surface area contributed by atoms with E-state index in [9.17, 15) is 22.8 Å². The Morgan fingerprint density at radius 3 is 2.26 bits per heavy atom. The third kappa shape index (κ3) is 5.65. The molecule has 0 spiro atoms. The number of hydrogen-bond donors (Lipinski definition) is 1. The molecule has 1 atom stereocenters. The largest absolute Gasteiger partial charge is 0.465 e. The lowest BCUT2D eigenvalue weighted by atomic mass is 10.1. The van der Waals surface area contributed by atoms with Crippen LogP contribution < -0.4 is 0 Å². The standard InChI is InChI=1S/C26H23F3N4O3S2/c1-13-20(24(35)36-4)14(2)30-21(13)22(34)15(3)37-26-32-31-23(16-5-7-17(27)8-6-16)33(26)18-9-11-19(12-10-18)38-25(28)29/h5-12,15,25,30H,1-4H3. The molecule has 0 saturated carbocycles. The monoisotopic (exact) mass is 560 g/mol. The van der Waals surface area contributed by atoms with Crippen LogP contribution in [-0.4, -0.2) is 49.6 Å². The van der Waals surface area contributed by atoms with Crippen LogP contribution in [0.2, 0.25) is 0 Å². The zero-order chi connectivity index (χ0) is 27.6. The number of H-pyrrole nitrogens is 1. The van der Waals surface area contributed by atoms with Crippen LogP contribution in [0.15, 0.2) is 58.6 Å². The number of esters is 1. The first-order valence-corrected chi connectivity index (χ1v) is 13.1. The SMILES string of the molecule is COC(=O)c1c(C)[nH]c(C(=O)C(C)Sc2nnc(-c3ccc(F)cc3)n2-c2ccc(SC(F)F)cc2)c1C. The van der Waals surface area contributed by atoms with Crippen molar-refractivity contribution in [3.05, 3.63) is 76.9 Å². The van der Waals surface area contributed by atoms with Crippen molar-refractivity contribution in [3.8, 4) is 17.1 Å². The number of nitrogens with one attached hydrogen (secondary N) is 1. The average molecular weight is 561 g/mol. The number of carbonyl (C=O) groups excluding carboxylic acids is 2. The van der Waals surface area contributed by atoms with Crippen LogP contribution in [0.4, 0.5) is 13.2 Å². The summed E-state index contributed by atoms with van der Waals surface area (Å²) in [6.45, 7) is 5.07. The van der Waals surface area contributed by atoms with E-state index in [1.165, 1.54) is 19.2 Å². The molecule has 38 heavy (non-hydrogen) atoms. The molecule has 12 heteroatoms. The van der Waals surface area contributed by atoms with Crippen LogP contribution >= 0.6 is 23.5 Å². The van der Waals surface area contributed by atoms with Gasteiger partial charge in [0.1, 0.15) is 5.82 Å². The van der Waals surface area contributed by atoms with E-state index in [-0.39, 0.29) is 5.78 Å². The van der Waals surface area contributed by atoms with Gasteiger partial charge in [-0.3, -0.25) is 9.36 Å². The van der Waals surface area contributed by atoms with Gasteiger partial charge >= 0.3 is 5.97 Å². The molecule has 2 aromatic carbocycles. The van der Waals surface area contributed by atoms with Gasteiger partial charge in [0.2, 0.25) is 0 Å². The smallest absolute Gasteiger partial charge is 0.339 e. The van der Waals surface area contributed by atoms with Crippen molar-refractivity contribution in [2.45, 2.75) is 41.8 Å². The second kappa shape index (κ2) is 11.5. The second-order valence-electron chi connectivity index (χ2n) is 8.26. The Morgan fingerprint density at radius 1 is 1.00 bits per heavy atom. The fraction of sp³-hybridized carbons (Fsp3) is 0.231. The molecule has 198 valence electrons. The van der Waals surface area contributed by atoms with E-state index in [0.29, 0.717) is 61.4 Å². The van der Waals surface area contributed by atoms with E-state index < -0.39 is 22.8 Å². The Hall–Kier alpha value is -3.51. The van der Waals surface area contributed by atoms with Crippen molar-refractivity contribution in [3.63, 3.8) is 0 Å². The summed E-state index contributed by atoms with van der Waals surface area (Å²) in [5.41, 5.74) is 2.78. The molecule has 7 nitrogen and oxygen atoms in total. The molecule has 0 radical (unpaired) electrons. The highest BCUT2D eigenvalue weighted by molar-refractivity contribution is 8.00. The van der Waals surface area contributed by atoms with Gasteiger partial charge in [0.05, 0.1) is 23.6 Å². The zero-order valence-corrected chi connectivity index (χ0v) is 22.4. The first-order chi connectivity index (χ1) is 18.1. The number of aryl methyl sites for hydroxylation is 1. The second-order valence-corrected chi connectivity index (χ2v) is 10.6. The van der Waals surface area contributed by atoms with Gasteiger partial charge in [-0.2, -0.15) is 8.78 Å². The van der Waals surface area contributed by atoms with E-state index in [0.717, 1.165) is 11.8 Å². The van der Waals surface area contributed by atoms with Crippen molar-refractivity contribution >= 4 is 35.3 Å². The molecule has 0 fully saturated rings. The number of benzene rings is 2. The van der Waals surface area contributed by atoms with Crippen molar-refractivity contribution in [2.24, 2.45) is 0 Å². The number of aromatic amines is 1. The Labute approximate surface area is 225 Å². The van der Waals surface area contributed by atoms with Crippen LogP contribution in [0.3, 0.4) is 0 Å². The maximum atomic E-state index is 13.6. The molecule has 2 heterocycles. The predicted octanol–water partition coefficient (Wildman–Crippen LogP) is 6.48. The zero-order valence-electron chi connectivity index (χ0n) is 20.8. The van der Waals surface area contributed by atoms with Crippen LogP contribution in [-0.2, 0) is 4.74 Å². The highest BCUT2D eigenvalue weighted by atomic mass is 32.2. The maximum absolute atomic E-state index is 13.6. The van der Waals surface area contributed by atoms with Crippen molar-refractivity contribution in [1.82, 2.24) is 19.7 Å². The normalized spacial score (nSPS) is 12.1. The highest BCUT2D eigenvalue weighted by Crippen LogP contribution is 2.33. The number of Topliss-reactive ketones (excluding diaryl/α,β-unsaturated/α-hetero) is 1. The fourth-order valence-electron chi connectivity index (χ4n) is 3.96. The van der Waals surface area contributed by atoms with Gasteiger partial charge < -0.3 is 9.72 Å². The first-order valence-electron chi connectivity index (χ1n) is 11.4. The molecule has 0 aliphatic carbocycles. The summed E-state index contributed by atoms with van der Waals surface area (Å²) in [5, 5.41) is 8.29. The van der Waals surface area contributed by atoms with Crippen molar-refractivity contribution in [1.29, 1.82) is 0 Å². The lowest BCUT2D eigenvalue weighted by Gasteiger charge is -2.14. The van der Waals surface area contributed by atoms with Crippen LogP contribution in [0.5, 0.6) is 0 Å². The summed E-state index contributed by atoms with van der Waals surface area (Å²) in [4.78, 5) is 28.9. The Bertz CT molecular complexity index is 1470. The van der Waals surface area contributed by atoms with Gasteiger partial charge in [-0.05, 0) is 74.9 Å². The molecule has 0 aliphatic rings. The molecular formula is C26H23F3N4O3S2. The lowest BCUT2D eigenvalue weighted by molar-refractivity contribution is 0.0599.